The van der Waals surface area contributed by atoms with Crippen molar-refractivity contribution in [2.45, 2.75) is 19.9 Å². The predicted molar refractivity (Wildman–Crippen MR) is 62.3 cm³/mol. The van der Waals surface area contributed by atoms with Gasteiger partial charge in [0.2, 0.25) is 0 Å². The van der Waals surface area contributed by atoms with E-state index in [4.69, 9.17) is 5.73 Å². The summed E-state index contributed by atoms with van der Waals surface area (Å²) in [6, 6.07) is 3.50. The van der Waals surface area contributed by atoms with E-state index in [0.717, 1.165) is 3.57 Å². The first-order valence-corrected chi connectivity index (χ1v) is 5.09. The van der Waals surface area contributed by atoms with E-state index in [1.165, 1.54) is 6.07 Å². The van der Waals surface area contributed by atoms with Gasteiger partial charge in [-0.25, -0.2) is 4.39 Å². The van der Waals surface area contributed by atoms with Crippen molar-refractivity contribution in [1.82, 2.24) is 0 Å². The van der Waals surface area contributed by atoms with Crippen LogP contribution in [-0.4, -0.2) is 6.04 Å². The summed E-state index contributed by atoms with van der Waals surface area (Å²) in [5, 5.41) is 3.08. The van der Waals surface area contributed by atoms with Crippen LogP contribution in [0.25, 0.3) is 0 Å². The molecule has 0 aromatic heterocycles. The second-order valence-corrected chi connectivity index (χ2v) is 4.39. The molecule has 0 fully saturated rings. The van der Waals surface area contributed by atoms with Crippen LogP contribution in [0.2, 0.25) is 0 Å². The van der Waals surface area contributed by atoms with Crippen molar-refractivity contribution < 1.29 is 4.39 Å². The normalized spacial score (nSPS) is 10.5. The van der Waals surface area contributed by atoms with Gasteiger partial charge in [0.25, 0.3) is 0 Å². The van der Waals surface area contributed by atoms with Crippen molar-refractivity contribution in [2.24, 2.45) is 0 Å². The molecule has 0 aliphatic rings. The molecule has 0 aliphatic carbocycles. The minimum absolute atomic E-state index is 0.189. The van der Waals surface area contributed by atoms with E-state index in [9.17, 15) is 4.39 Å². The van der Waals surface area contributed by atoms with Crippen LogP contribution in [0.5, 0.6) is 0 Å². The summed E-state index contributed by atoms with van der Waals surface area (Å²) in [7, 11) is 0. The Morgan fingerprint density at radius 2 is 2.08 bits per heavy atom. The molecular weight excluding hydrogens is 282 g/mol. The Balaban J connectivity index is 3.05. The summed E-state index contributed by atoms with van der Waals surface area (Å²) in [6.07, 6.45) is 0. The molecule has 1 aromatic rings. The summed E-state index contributed by atoms with van der Waals surface area (Å²) in [6.45, 7) is 3.97. The molecule has 1 rings (SSSR count). The highest BCUT2D eigenvalue weighted by Gasteiger charge is 2.07. The van der Waals surface area contributed by atoms with Crippen molar-refractivity contribution in [1.29, 1.82) is 0 Å². The van der Waals surface area contributed by atoms with Crippen LogP contribution >= 0.6 is 22.6 Å². The van der Waals surface area contributed by atoms with E-state index in [0.29, 0.717) is 5.69 Å². The zero-order valence-corrected chi connectivity index (χ0v) is 9.72. The number of nitrogen functional groups attached to an aromatic ring is 1. The van der Waals surface area contributed by atoms with Crippen LogP contribution in [0, 0.1) is 9.39 Å². The molecule has 13 heavy (non-hydrogen) atoms. The highest BCUT2D eigenvalue weighted by Crippen LogP contribution is 2.25. The highest BCUT2D eigenvalue weighted by atomic mass is 127. The molecule has 0 unspecified atom stereocenters. The maximum atomic E-state index is 13.1. The first kappa shape index (κ1) is 10.6. The third kappa shape index (κ3) is 2.72. The lowest BCUT2D eigenvalue weighted by atomic mass is 10.2. The molecule has 72 valence electrons. The van der Waals surface area contributed by atoms with E-state index in [1.54, 1.807) is 0 Å². The number of benzene rings is 1. The highest BCUT2D eigenvalue weighted by molar-refractivity contribution is 14.1. The zero-order valence-electron chi connectivity index (χ0n) is 7.57. The number of hydrogen-bond acceptors (Lipinski definition) is 2. The summed E-state index contributed by atoms with van der Waals surface area (Å²) in [5.41, 5.74) is 6.41. The van der Waals surface area contributed by atoms with Gasteiger partial charge in [0, 0.05) is 9.61 Å². The first-order chi connectivity index (χ1) is 6.00. The molecule has 0 radical (unpaired) electrons. The predicted octanol–water partition coefficient (Wildman–Crippen LogP) is 2.83. The molecule has 3 N–H and O–H groups in total. The first-order valence-electron chi connectivity index (χ1n) is 4.01. The number of anilines is 2. The average Bonchev–Trinajstić information content (AvgIpc) is 1.98. The molecule has 0 heterocycles. The van der Waals surface area contributed by atoms with E-state index >= 15 is 0 Å². The van der Waals surface area contributed by atoms with Gasteiger partial charge in [-0.1, -0.05) is 0 Å². The molecule has 0 amide bonds. The lowest BCUT2D eigenvalue weighted by Gasteiger charge is -2.13. The number of nitrogens with two attached hydrogens (primary N) is 1. The molecule has 4 heteroatoms. The summed E-state index contributed by atoms with van der Waals surface area (Å²) in [4.78, 5) is 0. The number of hydrogen-bond donors (Lipinski definition) is 2. The molecule has 1 aromatic carbocycles. The summed E-state index contributed by atoms with van der Waals surface area (Å²) < 4.78 is 14.0. The van der Waals surface area contributed by atoms with Crippen LogP contribution in [0.15, 0.2) is 12.1 Å². The van der Waals surface area contributed by atoms with Gasteiger partial charge in [-0.15, -0.1) is 0 Å². The number of rotatable bonds is 2. The summed E-state index contributed by atoms with van der Waals surface area (Å²) in [5.74, 6) is -0.366. The minimum Gasteiger partial charge on any atom is -0.395 e. The van der Waals surface area contributed by atoms with Gasteiger partial charge in [-0.05, 0) is 48.6 Å². The fourth-order valence-electron chi connectivity index (χ4n) is 1.02. The van der Waals surface area contributed by atoms with Crippen molar-refractivity contribution in [3.8, 4) is 0 Å². The van der Waals surface area contributed by atoms with Gasteiger partial charge < -0.3 is 11.1 Å². The lowest BCUT2D eigenvalue weighted by molar-refractivity contribution is 0.631. The van der Waals surface area contributed by atoms with Crippen molar-refractivity contribution in [2.75, 3.05) is 11.1 Å². The molecule has 0 atom stereocenters. The molecule has 0 aliphatic heterocycles. The number of halogens is 2. The van der Waals surface area contributed by atoms with Crippen molar-refractivity contribution in [3.05, 3.63) is 21.5 Å². The van der Waals surface area contributed by atoms with Gasteiger partial charge in [0.15, 0.2) is 0 Å². The fourth-order valence-corrected chi connectivity index (χ4v) is 1.60. The van der Waals surface area contributed by atoms with E-state index in [-0.39, 0.29) is 17.5 Å². The zero-order chi connectivity index (χ0) is 10.0. The topological polar surface area (TPSA) is 38.0 Å². The lowest BCUT2D eigenvalue weighted by Crippen LogP contribution is -2.12. The molecule has 0 saturated carbocycles. The standard InChI is InChI=1S/C9H12FIN2/c1-5(2)13-8-4-6(11)3-7(10)9(8)12/h3-5,13H,12H2,1-2H3. The molecule has 2 nitrogen and oxygen atoms in total. The largest absolute Gasteiger partial charge is 0.395 e. The number of nitrogens with one attached hydrogen (secondary N) is 1. The molecule has 0 bridgehead atoms. The van der Waals surface area contributed by atoms with Crippen LogP contribution < -0.4 is 11.1 Å². The maximum absolute atomic E-state index is 13.1. The van der Waals surface area contributed by atoms with Crippen LogP contribution in [-0.2, 0) is 0 Å². The maximum Gasteiger partial charge on any atom is 0.149 e. The Morgan fingerprint density at radius 3 is 2.62 bits per heavy atom. The third-order valence-electron chi connectivity index (χ3n) is 1.54. The quantitative estimate of drug-likeness (QED) is 0.650. The van der Waals surface area contributed by atoms with Crippen molar-refractivity contribution >= 4 is 34.0 Å². The molecule has 0 saturated heterocycles. The second kappa shape index (κ2) is 4.13. The smallest absolute Gasteiger partial charge is 0.149 e. The summed E-state index contributed by atoms with van der Waals surface area (Å²) >= 11 is 2.06. The van der Waals surface area contributed by atoms with Crippen molar-refractivity contribution in [3.63, 3.8) is 0 Å². The van der Waals surface area contributed by atoms with Gasteiger partial charge >= 0.3 is 0 Å². The second-order valence-electron chi connectivity index (χ2n) is 3.15. The Hall–Kier alpha value is -0.520. The van der Waals surface area contributed by atoms with Gasteiger partial charge in [-0.2, -0.15) is 0 Å². The molecular formula is C9H12FIN2. The minimum atomic E-state index is -0.366. The Kier molecular flexibility index (Phi) is 3.35. The third-order valence-corrected chi connectivity index (χ3v) is 2.16. The fraction of sp³-hybridized carbons (Fsp3) is 0.333. The van der Waals surface area contributed by atoms with Crippen LogP contribution in [0.4, 0.5) is 15.8 Å². The van der Waals surface area contributed by atoms with E-state index in [2.05, 4.69) is 27.9 Å². The Labute approximate surface area is 90.8 Å². The Bertz CT molecular complexity index is 313. The average molecular weight is 294 g/mol. The van der Waals surface area contributed by atoms with Gasteiger partial charge in [-0.3, -0.25) is 0 Å². The molecule has 0 spiro atoms. The monoisotopic (exact) mass is 294 g/mol. The van der Waals surface area contributed by atoms with Gasteiger partial charge in [0.1, 0.15) is 5.82 Å². The van der Waals surface area contributed by atoms with Gasteiger partial charge in [0.05, 0.1) is 11.4 Å². The van der Waals surface area contributed by atoms with Crippen LogP contribution in [0.1, 0.15) is 13.8 Å². The Morgan fingerprint density at radius 1 is 1.46 bits per heavy atom. The van der Waals surface area contributed by atoms with E-state index < -0.39 is 0 Å². The van der Waals surface area contributed by atoms with Crippen LogP contribution in [0.3, 0.4) is 0 Å². The SMILES string of the molecule is CC(C)Nc1cc(I)cc(F)c1N. The van der Waals surface area contributed by atoms with E-state index in [1.807, 2.05) is 19.9 Å².